The molecule has 0 aliphatic carbocycles. The lowest BCUT2D eigenvalue weighted by Crippen LogP contribution is -2.33. The minimum atomic E-state index is -0.0511. The fourth-order valence-corrected chi connectivity index (χ4v) is 3.89. The Kier molecular flexibility index (Phi) is 5.87. The molecule has 3 rings (SSSR count). The van der Waals surface area contributed by atoms with Gasteiger partial charge in [-0.3, -0.25) is 9.69 Å². The molecule has 1 unspecified atom stereocenters. The number of thiazole rings is 1. The molecule has 128 valence electrons. The highest BCUT2D eigenvalue weighted by molar-refractivity contribution is 7.13. The summed E-state index contributed by atoms with van der Waals surface area (Å²) in [6.45, 7) is 5.44. The van der Waals surface area contributed by atoms with Gasteiger partial charge in [-0.25, -0.2) is 4.98 Å². The standard InChI is InChI=1S/C18H22ClN3OS/c1-13-3-2-8-22(10-13)11-16-12-24-18(20-16)21-17(23)9-14-4-6-15(19)7-5-14/h4-7,12-13H,2-3,8-11H2,1H3,(H,20,21,23). The third-order valence-corrected chi connectivity index (χ3v) is 5.26. The zero-order valence-electron chi connectivity index (χ0n) is 13.8. The van der Waals surface area contributed by atoms with E-state index in [1.807, 2.05) is 17.5 Å². The van der Waals surface area contributed by atoms with Gasteiger partial charge in [-0.05, 0) is 43.0 Å². The number of benzene rings is 1. The van der Waals surface area contributed by atoms with Crippen molar-refractivity contribution in [3.63, 3.8) is 0 Å². The van der Waals surface area contributed by atoms with Gasteiger partial charge < -0.3 is 5.32 Å². The third-order valence-electron chi connectivity index (χ3n) is 4.20. The summed E-state index contributed by atoms with van der Waals surface area (Å²) in [6, 6.07) is 7.33. The summed E-state index contributed by atoms with van der Waals surface area (Å²) in [7, 11) is 0. The molecular formula is C18H22ClN3OS. The summed E-state index contributed by atoms with van der Waals surface area (Å²) in [4.78, 5) is 19.1. The molecule has 1 saturated heterocycles. The molecule has 24 heavy (non-hydrogen) atoms. The maximum absolute atomic E-state index is 12.1. The second-order valence-electron chi connectivity index (χ2n) is 6.48. The number of nitrogens with one attached hydrogen (secondary N) is 1. The Bertz CT molecular complexity index is 686. The van der Waals surface area contributed by atoms with Gasteiger partial charge in [0.2, 0.25) is 5.91 Å². The lowest BCUT2D eigenvalue weighted by molar-refractivity contribution is -0.115. The van der Waals surface area contributed by atoms with E-state index in [0.717, 1.165) is 36.8 Å². The van der Waals surface area contributed by atoms with E-state index in [9.17, 15) is 4.79 Å². The van der Waals surface area contributed by atoms with Crippen molar-refractivity contribution in [2.24, 2.45) is 5.92 Å². The number of aromatic nitrogens is 1. The molecule has 1 N–H and O–H groups in total. The van der Waals surface area contributed by atoms with Crippen LogP contribution in [0, 0.1) is 5.92 Å². The molecule has 1 aromatic heterocycles. The van der Waals surface area contributed by atoms with Crippen LogP contribution < -0.4 is 5.32 Å². The van der Waals surface area contributed by atoms with E-state index in [0.29, 0.717) is 16.6 Å². The van der Waals surface area contributed by atoms with Gasteiger partial charge in [0.1, 0.15) is 0 Å². The van der Waals surface area contributed by atoms with E-state index in [4.69, 9.17) is 11.6 Å². The lowest BCUT2D eigenvalue weighted by atomic mass is 10.0. The zero-order chi connectivity index (χ0) is 16.9. The summed E-state index contributed by atoms with van der Waals surface area (Å²) < 4.78 is 0. The van der Waals surface area contributed by atoms with Crippen molar-refractivity contribution in [3.8, 4) is 0 Å². The number of carbonyl (C=O) groups is 1. The van der Waals surface area contributed by atoms with Crippen molar-refractivity contribution in [2.75, 3.05) is 18.4 Å². The maximum atomic E-state index is 12.1. The number of anilines is 1. The topological polar surface area (TPSA) is 45.2 Å². The van der Waals surface area contributed by atoms with Crippen molar-refractivity contribution in [3.05, 3.63) is 45.9 Å². The van der Waals surface area contributed by atoms with Crippen LogP contribution in [0.15, 0.2) is 29.6 Å². The number of halogens is 1. The van der Waals surface area contributed by atoms with Crippen LogP contribution in [0.5, 0.6) is 0 Å². The quantitative estimate of drug-likeness (QED) is 0.865. The summed E-state index contributed by atoms with van der Waals surface area (Å²) in [5.41, 5.74) is 1.98. The lowest BCUT2D eigenvalue weighted by Gasteiger charge is -2.30. The van der Waals surface area contributed by atoms with E-state index in [-0.39, 0.29) is 5.91 Å². The first-order valence-corrected chi connectivity index (χ1v) is 9.55. The van der Waals surface area contributed by atoms with E-state index in [1.54, 1.807) is 12.1 Å². The maximum Gasteiger partial charge on any atom is 0.230 e. The van der Waals surface area contributed by atoms with E-state index < -0.39 is 0 Å². The van der Waals surface area contributed by atoms with Crippen molar-refractivity contribution < 1.29 is 4.79 Å². The molecule has 1 aliphatic heterocycles. The molecule has 0 radical (unpaired) electrons. The molecule has 2 heterocycles. The number of nitrogens with zero attached hydrogens (tertiary/aromatic N) is 2. The number of hydrogen-bond acceptors (Lipinski definition) is 4. The summed E-state index contributed by atoms with van der Waals surface area (Å²) in [5, 5.41) is 6.28. The minimum absolute atomic E-state index is 0.0511. The SMILES string of the molecule is CC1CCCN(Cc2csc(NC(=O)Cc3ccc(Cl)cc3)n2)C1. The molecule has 1 aromatic carbocycles. The summed E-state index contributed by atoms with van der Waals surface area (Å²) >= 11 is 7.35. The monoisotopic (exact) mass is 363 g/mol. The molecule has 2 aromatic rings. The van der Waals surface area contributed by atoms with Crippen molar-refractivity contribution >= 4 is 34.0 Å². The van der Waals surface area contributed by atoms with E-state index in [2.05, 4.69) is 22.1 Å². The highest BCUT2D eigenvalue weighted by Crippen LogP contribution is 2.21. The Balaban J connectivity index is 1.51. The molecular weight excluding hydrogens is 342 g/mol. The predicted octanol–water partition coefficient (Wildman–Crippen LogP) is 4.21. The fourth-order valence-electron chi connectivity index (χ4n) is 3.05. The number of carbonyl (C=O) groups excluding carboxylic acids is 1. The van der Waals surface area contributed by atoms with Gasteiger partial charge in [0.15, 0.2) is 5.13 Å². The van der Waals surface area contributed by atoms with Gasteiger partial charge >= 0.3 is 0 Å². The van der Waals surface area contributed by atoms with Crippen LogP contribution in [0.3, 0.4) is 0 Å². The molecule has 1 amide bonds. The van der Waals surface area contributed by atoms with Gasteiger partial charge in [-0.2, -0.15) is 0 Å². The average molecular weight is 364 g/mol. The third kappa shape index (κ3) is 5.03. The largest absolute Gasteiger partial charge is 0.302 e. The molecule has 0 saturated carbocycles. The van der Waals surface area contributed by atoms with Crippen molar-refractivity contribution in [1.29, 1.82) is 0 Å². The number of hydrogen-bond donors (Lipinski definition) is 1. The second-order valence-corrected chi connectivity index (χ2v) is 7.77. The highest BCUT2D eigenvalue weighted by Gasteiger charge is 2.17. The van der Waals surface area contributed by atoms with Crippen LogP contribution in [-0.4, -0.2) is 28.9 Å². The molecule has 6 heteroatoms. The van der Waals surface area contributed by atoms with Gasteiger partial charge in [-0.1, -0.05) is 30.7 Å². The number of rotatable bonds is 5. The Hall–Kier alpha value is -1.43. The Morgan fingerprint density at radius 2 is 2.21 bits per heavy atom. The first kappa shape index (κ1) is 17.4. The van der Waals surface area contributed by atoms with Crippen LogP contribution >= 0.6 is 22.9 Å². The van der Waals surface area contributed by atoms with Crippen molar-refractivity contribution in [2.45, 2.75) is 32.7 Å². The molecule has 1 aliphatic rings. The number of likely N-dealkylation sites (tertiary alicyclic amines) is 1. The molecule has 1 fully saturated rings. The predicted molar refractivity (Wildman–Crippen MR) is 99.6 cm³/mol. The molecule has 0 spiro atoms. The van der Waals surface area contributed by atoms with Crippen LogP contribution in [0.25, 0.3) is 0 Å². The fraction of sp³-hybridized carbons (Fsp3) is 0.444. The van der Waals surface area contributed by atoms with E-state index in [1.165, 1.54) is 24.2 Å². The summed E-state index contributed by atoms with van der Waals surface area (Å²) in [6.07, 6.45) is 2.91. The van der Waals surface area contributed by atoms with Gasteiger partial charge in [0, 0.05) is 23.5 Å². The summed E-state index contributed by atoms with van der Waals surface area (Å²) in [5.74, 6) is 0.709. The van der Waals surface area contributed by atoms with Gasteiger partial charge in [0.05, 0.1) is 12.1 Å². The first-order chi connectivity index (χ1) is 11.6. The van der Waals surface area contributed by atoms with Crippen LogP contribution in [0.2, 0.25) is 5.02 Å². The average Bonchev–Trinajstić information content (AvgIpc) is 2.96. The van der Waals surface area contributed by atoms with Crippen LogP contribution in [0.1, 0.15) is 31.0 Å². The molecule has 1 atom stereocenters. The highest BCUT2D eigenvalue weighted by atomic mass is 35.5. The van der Waals surface area contributed by atoms with Crippen LogP contribution in [0.4, 0.5) is 5.13 Å². The normalized spacial score (nSPS) is 18.5. The molecule has 0 bridgehead atoms. The second kappa shape index (κ2) is 8.10. The zero-order valence-corrected chi connectivity index (χ0v) is 15.4. The van der Waals surface area contributed by atoms with Crippen molar-refractivity contribution in [1.82, 2.24) is 9.88 Å². The smallest absolute Gasteiger partial charge is 0.230 e. The van der Waals surface area contributed by atoms with Gasteiger partial charge in [-0.15, -0.1) is 11.3 Å². The number of amides is 1. The molecule has 4 nitrogen and oxygen atoms in total. The Morgan fingerprint density at radius 3 is 2.96 bits per heavy atom. The Labute approximate surface area is 151 Å². The minimum Gasteiger partial charge on any atom is -0.302 e. The number of piperidine rings is 1. The van der Waals surface area contributed by atoms with E-state index >= 15 is 0 Å². The van der Waals surface area contributed by atoms with Gasteiger partial charge in [0.25, 0.3) is 0 Å². The van der Waals surface area contributed by atoms with Crippen LogP contribution in [-0.2, 0) is 17.8 Å². The Morgan fingerprint density at radius 1 is 1.42 bits per heavy atom. The first-order valence-electron chi connectivity index (χ1n) is 8.29.